The summed E-state index contributed by atoms with van der Waals surface area (Å²) in [4.78, 5) is 164. The Balaban J connectivity index is 6.77. The fourth-order valence-electron chi connectivity index (χ4n) is 9.52. The molecule has 30 heteroatoms. The molecule has 0 bridgehead atoms. The number of ketones is 5. The van der Waals surface area contributed by atoms with E-state index in [0.717, 1.165) is 0 Å². The molecule has 86 heavy (non-hydrogen) atoms. The van der Waals surface area contributed by atoms with Gasteiger partial charge in [0.25, 0.3) is 0 Å². The van der Waals surface area contributed by atoms with Crippen LogP contribution in [-0.4, -0.2) is 151 Å². The zero-order valence-electron chi connectivity index (χ0n) is 51.2. The van der Waals surface area contributed by atoms with Gasteiger partial charge in [-0.05, 0) is 102 Å². The molecule has 0 heterocycles. The van der Waals surface area contributed by atoms with Crippen LogP contribution in [0.15, 0.2) is 20.0 Å². The minimum Gasteiger partial charge on any atom is -0.481 e. The van der Waals surface area contributed by atoms with Crippen molar-refractivity contribution in [3.8, 4) is 0 Å². The number of carbonyl (C=O) groups excluding carboxylic acids is 10. The van der Waals surface area contributed by atoms with Crippen molar-refractivity contribution in [2.75, 3.05) is 39.3 Å². The van der Waals surface area contributed by atoms with E-state index in [1.54, 1.807) is 13.8 Å². The zero-order valence-corrected chi connectivity index (χ0v) is 51.2. The number of hydrogen-bond donors (Lipinski definition) is 15. The number of rotatable bonds is 50. The van der Waals surface area contributed by atoms with Crippen LogP contribution >= 0.6 is 0 Å². The molecule has 0 unspecified atom stereocenters. The van der Waals surface area contributed by atoms with Gasteiger partial charge in [0, 0.05) is 94.3 Å². The third-order valence-corrected chi connectivity index (χ3v) is 14.3. The number of carboxylic acids is 1. The lowest BCUT2D eigenvalue weighted by molar-refractivity contribution is -0.139. The number of unbranched alkanes of at least 4 members (excludes halogenated alkanes) is 1. The lowest BCUT2D eigenvalue weighted by atomic mass is 9.87. The number of Topliss-reactive ketones (excluding diaryl/α,β-unsaturated/α-hetero) is 5. The number of hydrogen-bond acceptors (Lipinski definition) is 16. The highest BCUT2D eigenvalue weighted by atomic mass is 16.4. The zero-order chi connectivity index (χ0) is 65.5. The summed E-state index contributed by atoms with van der Waals surface area (Å²) >= 11 is 0. The number of nitrogens with two attached hydrogens (primary N) is 10. The molecule has 30 nitrogen and oxygen atoms in total. The Labute approximate surface area is 505 Å². The van der Waals surface area contributed by atoms with E-state index in [-0.39, 0.29) is 139 Å². The number of aliphatic carboxylic acids is 1. The molecule has 0 aliphatic carbocycles. The van der Waals surface area contributed by atoms with E-state index in [9.17, 15) is 57.8 Å². The fraction of sp³-hybridized carbons (Fsp3) is 0.732. The summed E-state index contributed by atoms with van der Waals surface area (Å²) in [5, 5.41) is 20.4. The molecule has 488 valence electrons. The van der Waals surface area contributed by atoms with Crippen molar-refractivity contribution in [3.63, 3.8) is 0 Å². The van der Waals surface area contributed by atoms with Gasteiger partial charge in [0.15, 0.2) is 47.0 Å². The van der Waals surface area contributed by atoms with Crippen LogP contribution in [0, 0.1) is 41.4 Å². The van der Waals surface area contributed by atoms with Crippen molar-refractivity contribution in [3.05, 3.63) is 0 Å². The Bertz CT molecular complexity index is 2330. The molecule has 0 aromatic rings. The first kappa shape index (κ1) is 78.2. The van der Waals surface area contributed by atoms with Gasteiger partial charge in [-0.15, -0.1) is 0 Å². The number of primary amides is 1. The molecule has 0 aliphatic rings. The predicted molar refractivity (Wildman–Crippen MR) is 328 cm³/mol. The first-order valence-electron chi connectivity index (χ1n) is 29.6. The molecule has 0 radical (unpaired) electrons. The topological polar surface area (TPSA) is 566 Å². The van der Waals surface area contributed by atoms with Crippen LogP contribution < -0.4 is 78.6 Å². The molecule has 0 aromatic carbocycles. The second-order valence-corrected chi connectivity index (χ2v) is 22.4. The van der Waals surface area contributed by atoms with Gasteiger partial charge >= 0.3 is 5.97 Å². The van der Waals surface area contributed by atoms with Gasteiger partial charge < -0.3 is 88.5 Å². The third-order valence-electron chi connectivity index (χ3n) is 14.3. The minimum atomic E-state index is -1.25. The summed E-state index contributed by atoms with van der Waals surface area (Å²) in [6.07, 6.45) is 0.594. The average Bonchev–Trinajstić information content (AvgIpc) is 2.59. The molecule has 0 spiro atoms. The van der Waals surface area contributed by atoms with E-state index in [1.807, 2.05) is 13.8 Å². The summed E-state index contributed by atoms with van der Waals surface area (Å²) in [7, 11) is 0. The minimum absolute atomic E-state index is 0.00178. The van der Waals surface area contributed by atoms with Crippen molar-refractivity contribution < 1.29 is 57.8 Å². The first-order chi connectivity index (χ1) is 40.4. The van der Waals surface area contributed by atoms with Crippen LogP contribution in [0.2, 0.25) is 0 Å². The Kier molecular flexibility index (Phi) is 39.8. The van der Waals surface area contributed by atoms with Crippen molar-refractivity contribution in [1.29, 1.82) is 0 Å². The van der Waals surface area contributed by atoms with Crippen LogP contribution in [-0.2, 0) is 52.7 Å². The number of guanidine groups is 4. The molecular formula is C56H102N18O12. The Morgan fingerprint density at radius 2 is 0.872 bits per heavy atom. The molecule has 9 atom stereocenters. The molecule has 5 amide bonds. The first-order valence-corrected chi connectivity index (χ1v) is 29.6. The summed E-state index contributed by atoms with van der Waals surface area (Å²) in [6, 6.07) is -3.50. The van der Waals surface area contributed by atoms with E-state index in [0.29, 0.717) is 32.1 Å². The van der Waals surface area contributed by atoms with Crippen LogP contribution in [0.5, 0.6) is 0 Å². The smallest absolute Gasteiger partial charge is 0.303 e. The summed E-state index contributed by atoms with van der Waals surface area (Å²) in [5.74, 6) is -13.6. The second kappa shape index (κ2) is 43.8. The number of nitrogens with one attached hydrogen (secondary N) is 4. The lowest BCUT2D eigenvalue weighted by Crippen LogP contribution is -2.49. The Morgan fingerprint density at radius 1 is 0.465 bits per heavy atom. The molecule has 0 rings (SSSR count). The molecule has 0 saturated carbocycles. The standard InChI is InChI=1S/C56H102N18O12/c1-6-33(4)47(74-51(85)36(26-34(5)75)15-10-22-68-54(61)62)45(79)30-38(18-19-46(80)81)49(83)71-31-40(76)27-39(25-32(2)3)52(86)73-42(17-12-24-70-56(65)66)44(78)29-37(13-7-8-20-57)50(84)72-41(16-11-23-69-55(63)64)43(77)28-35(48(58)82)14-9-21-67-53(59)60/h32-33,35-39,41-42,47H,6-31,57H2,1-5H3,(H2,58,82)(H,71,83)(H,72,84)(H,73,86)(H,74,85)(H,80,81)(H4,59,60,67)(H4,61,62,68)(H4,63,64,69)(H4,65,66,70)/t33-,35+,36+,37+,38+,39+,41-,42-,47-/m0/s1. The quantitative estimate of drug-likeness (QED) is 0.0182. The fourth-order valence-corrected chi connectivity index (χ4v) is 9.52. The highest BCUT2D eigenvalue weighted by Gasteiger charge is 2.35. The van der Waals surface area contributed by atoms with Gasteiger partial charge in [-0.3, -0.25) is 67.9 Å². The van der Waals surface area contributed by atoms with Crippen LogP contribution in [0.1, 0.15) is 163 Å². The van der Waals surface area contributed by atoms with E-state index >= 15 is 0 Å². The summed E-state index contributed by atoms with van der Waals surface area (Å²) < 4.78 is 0. The maximum atomic E-state index is 14.5. The summed E-state index contributed by atoms with van der Waals surface area (Å²) in [6.45, 7) is 8.69. The van der Waals surface area contributed by atoms with Crippen molar-refractivity contribution >= 4 is 88.3 Å². The maximum absolute atomic E-state index is 14.5. The molecule has 0 fully saturated rings. The Hall–Kier alpha value is -7.79. The van der Waals surface area contributed by atoms with Crippen molar-refractivity contribution in [1.82, 2.24) is 21.3 Å². The van der Waals surface area contributed by atoms with Gasteiger partial charge in [0.1, 0.15) is 5.78 Å². The average molecular weight is 1220 g/mol. The lowest BCUT2D eigenvalue weighted by Gasteiger charge is -2.27. The normalized spacial score (nSPS) is 14.2. The van der Waals surface area contributed by atoms with Crippen LogP contribution in [0.4, 0.5) is 0 Å². The largest absolute Gasteiger partial charge is 0.481 e. The van der Waals surface area contributed by atoms with E-state index < -0.39 is 144 Å². The number of carboxylic acid groups (broad SMARTS) is 1. The maximum Gasteiger partial charge on any atom is 0.303 e. The van der Waals surface area contributed by atoms with E-state index in [1.165, 1.54) is 6.92 Å². The number of carbonyl (C=O) groups is 11. The number of aliphatic imine (C=N–C) groups is 4. The van der Waals surface area contributed by atoms with Gasteiger partial charge in [-0.25, -0.2) is 0 Å². The second-order valence-electron chi connectivity index (χ2n) is 22.4. The van der Waals surface area contributed by atoms with Crippen LogP contribution in [0.25, 0.3) is 0 Å². The molecule has 0 aliphatic heterocycles. The number of nitrogens with zero attached hydrogens (tertiary/aromatic N) is 4. The predicted octanol–water partition coefficient (Wildman–Crippen LogP) is -1.76. The third kappa shape index (κ3) is 36.1. The molecular weight excluding hydrogens is 1120 g/mol. The highest BCUT2D eigenvalue weighted by Crippen LogP contribution is 2.24. The monoisotopic (exact) mass is 1220 g/mol. The van der Waals surface area contributed by atoms with Gasteiger partial charge in [0.2, 0.25) is 29.5 Å². The van der Waals surface area contributed by atoms with Gasteiger partial charge in [-0.2, -0.15) is 0 Å². The van der Waals surface area contributed by atoms with Crippen LogP contribution in [0.3, 0.4) is 0 Å². The van der Waals surface area contributed by atoms with Crippen molar-refractivity contribution in [2.45, 2.75) is 181 Å². The summed E-state index contributed by atoms with van der Waals surface area (Å²) in [5.41, 5.74) is 55.3. The molecule has 25 N–H and O–H groups in total. The highest BCUT2D eigenvalue weighted by molar-refractivity contribution is 5.98. The van der Waals surface area contributed by atoms with Gasteiger partial charge in [-0.1, -0.05) is 40.5 Å². The SMILES string of the molecule is CC[C@H](C)[C@H](NC(=O)[C@H](CCCN=C(N)N)CC(C)=O)C(=O)C[C@@H](CCC(=O)O)C(=O)NCC(=O)C[C@@H](CC(C)C)C(=O)N[C@@H](CCCN=C(N)N)C(=O)C[C@@H](CCCCN)C(=O)N[C@@H](CCCN=C(N)N)C(=O)C[C@@H](CCCN=C(N)N)C(N)=O. The number of amides is 5. The van der Waals surface area contributed by atoms with Crippen molar-refractivity contribution in [2.24, 2.45) is 119 Å². The molecule has 0 aromatic heterocycles. The van der Waals surface area contributed by atoms with E-state index in [2.05, 4.69) is 41.2 Å². The van der Waals surface area contributed by atoms with Gasteiger partial charge in [0.05, 0.1) is 24.7 Å². The Morgan fingerprint density at radius 3 is 1.30 bits per heavy atom. The molecule has 0 saturated heterocycles. The van der Waals surface area contributed by atoms with E-state index in [4.69, 9.17) is 57.3 Å².